The molecule has 0 saturated heterocycles. The second-order valence-corrected chi connectivity index (χ2v) is 7.48. The molecule has 0 fully saturated rings. The summed E-state index contributed by atoms with van der Waals surface area (Å²) in [5.74, 6) is 1.59. The van der Waals surface area contributed by atoms with E-state index >= 15 is 0 Å². The number of Topliss-reactive ketones (excluding diaryl/α,β-unsaturated/α-hetero) is 1. The van der Waals surface area contributed by atoms with E-state index in [0.29, 0.717) is 12.2 Å². The molecule has 0 spiro atoms. The summed E-state index contributed by atoms with van der Waals surface area (Å²) >= 11 is 1.75. The number of carbonyl (C=O) groups is 1. The number of fused-ring (bicyclic) bond motifs is 3. The summed E-state index contributed by atoms with van der Waals surface area (Å²) in [6.45, 7) is 4.94. The van der Waals surface area contributed by atoms with Crippen LogP contribution >= 0.6 is 11.3 Å². The first-order valence-electron chi connectivity index (χ1n) is 7.74. The summed E-state index contributed by atoms with van der Waals surface area (Å²) < 4.78 is 5.92. The summed E-state index contributed by atoms with van der Waals surface area (Å²) in [6.07, 6.45) is 3.23. The van der Waals surface area contributed by atoms with Gasteiger partial charge >= 0.3 is 0 Å². The van der Waals surface area contributed by atoms with Crippen molar-refractivity contribution in [3.8, 4) is 11.3 Å². The average Bonchev–Trinajstić information content (AvgIpc) is 2.97. The number of hydrogen-bond acceptors (Lipinski definition) is 5. The predicted molar refractivity (Wildman–Crippen MR) is 88.8 cm³/mol. The minimum Gasteiger partial charge on any atom is -0.457 e. The summed E-state index contributed by atoms with van der Waals surface area (Å²) in [5, 5.41) is 1.08. The van der Waals surface area contributed by atoms with Crippen LogP contribution in [-0.2, 0) is 12.8 Å². The van der Waals surface area contributed by atoms with Gasteiger partial charge < -0.3 is 9.32 Å². The quantitative estimate of drug-likeness (QED) is 0.790. The number of carbonyl (C=O) groups excluding carboxylic acids is 1. The van der Waals surface area contributed by atoms with Crippen LogP contribution in [-0.4, -0.2) is 36.3 Å². The van der Waals surface area contributed by atoms with E-state index in [0.717, 1.165) is 53.4 Å². The monoisotopic (exact) mass is 318 g/mol. The van der Waals surface area contributed by atoms with Crippen molar-refractivity contribution in [1.29, 1.82) is 0 Å². The number of thiazole rings is 1. The second kappa shape index (κ2) is 5.97. The molecule has 0 radical (unpaired) electrons. The number of aryl methyl sites for hydroxylation is 3. The van der Waals surface area contributed by atoms with Crippen LogP contribution in [0.15, 0.2) is 4.42 Å². The largest absolute Gasteiger partial charge is 0.457 e. The van der Waals surface area contributed by atoms with Gasteiger partial charge in [-0.25, -0.2) is 4.98 Å². The highest BCUT2D eigenvalue weighted by atomic mass is 32.1. The highest BCUT2D eigenvalue weighted by Gasteiger charge is 2.29. The zero-order valence-electron chi connectivity index (χ0n) is 13.7. The first-order valence-corrected chi connectivity index (χ1v) is 8.56. The lowest BCUT2D eigenvalue weighted by Crippen LogP contribution is -2.14. The van der Waals surface area contributed by atoms with Gasteiger partial charge in [-0.3, -0.25) is 4.79 Å². The molecule has 5 heteroatoms. The Labute approximate surface area is 135 Å². The van der Waals surface area contributed by atoms with Gasteiger partial charge in [-0.15, -0.1) is 11.3 Å². The molecule has 0 aliphatic heterocycles. The molecule has 0 unspecified atom stereocenters. The topological polar surface area (TPSA) is 46.3 Å². The highest BCUT2D eigenvalue weighted by Crippen LogP contribution is 2.41. The van der Waals surface area contributed by atoms with Gasteiger partial charge in [0.1, 0.15) is 5.76 Å². The van der Waals surface area contributed by atoms with Crippen LogP contribution in [0.1, 0.15) is 44.6 Å². The molecule has 4 nitrogen and oxygen atoms in total. The molecule has 0 amide bonds. The van der Waals surface area contributed by atoms with Crippen molar-refractivity contribution < 1.29 is 9.21 Å². The molecule has 2 aromatic rings. The van der Waals surface area contributed by atoms with Gasteiger partial charge in [0.15, 0.2) is 11.5 Å². The molecule has 2 aromatic heterocycles. The summed E-state index contributed by atoms with van der Waals surface area (Å²) in [7, 11) is 4.04. The van der Waals surface area contributed by atoms with Crippen LogP contribution in [0.2, 0.25) is 0 Å². The van der Waals surface area contributed by atoms with Gasteiger partial charge in [-0.1, -0.05) is 0 Å². The summed E-state index contributed by atoms with van der Waals surface area (Å²) in [5.41, 5.74) is 3.08. The number of furan rings is 1. The van der Waals surface area contributed by atoms with Crippen LogP contribution in [0, 0.1) is 13.8 Å². The summed E-state index contributed by atoms with van der Waals surface area (Å²) in [4.78, 5) is 20.5. The second-order valence-electron chi connectivity index (χ2n) is 6.19. The zero-order chi connectivity index (χ0) is 15.9. The maximum atomic E-state index is 12.5. The standard InChI is InChI=1S/C17H22N2O2S/c1-10-15-13(7-8-14-16(15)18-11(2)22-14)21-17(10)12(20)6-5-9-19(3)4/h5-9H2,1-4H3. The van der Waals surface area contributed by atoms with Crippen molar-refractivity contribution in [2.24, 2.45) is 0 Å². The van der Waals surface area contributed by atoms with E-state index in [1.807, 2.05) is 27.9 Å². The van der Waals surface area contributed by atoms with Crippen LogP contribution in [0.5, 0.6) is 0 Å². The van der Waals surface area contributed by atoms with Crippen LogP contribution < -0.4 is 0 Å². The van der Waals surface area contributed by atoms with Crippen LogP contribution in [0.4, 0.5) is 0 Å². The molecular formula is C17H22N2O2S. The number of rotatable bonds is 5. The first kappa shape index (κ1) is 15.4. The third-order valence-electron chi connectivity index (χ3n) is 4.10. The predicted octanol–water partition coefficient (Wildman–Crippen LogP) is 3.64. The van der Waals surface area contributed by atoms with E-state index in [4.69, 9.17) is 4.42 Å². The number of aromatic nitrogens is 1. The molecular weight excluding hydrogens is 296 g/mol. The van der Waals surface area contributed by atoms with Gasteiger partial charge in [0.2, 0.25) is 0 Å². The highest BCUT2D eigenvalue weighted by molar-refractivity contribution is 7.12. The molecule has 0 N–H and O–H groups in total. The minimum absolute atomic E-state index is 0.113. The summed E-state index contributed by atoms with van der Waals surface area (Å²) in [6, 6.07) is 0. The fraction of sp³-hybridized carbons (Fsp3) is 0.529. The lowest BCUT2D eigenvalue weighted by atomic mass is 9.96. The minimum atomic E-state index is 0.113. The van der Waals surface area contributed by atoms with Gasteiger partial charge in [0.05, 0.1) is 10.7 Å². The Morgan fingerprint density at radius 3 is 2.82 bits per heavy atom. The lowest BCUT2D eigenvalue weighted by molar-refractivity contribution is 0.0948. The zero-order valence-corrected chi connectivity index (χ0v) is 14.5. The van der Waals surface area contributed by atoms with Gasteiger partial charge in [0.25, 0.3) is 0 Å². The smallest absolute Gasteiger partial charge is 0.198 e. The normalized spacial score (nSPS) is 13.3. The van der Waals surface area contributed by atoms with Crippen molar-refractivity contribution in [3.05, 3.63) is 27.0 Å². The molecule has 22 heavy (non-hydrogen) atoms. The molecule has 1 aliphatic rings. The molecule has 2 heterocycles. The van der Waals surface area contributed by atoms with Crippen molar-refractivity contribution in [1.82, 2.24) is 9.88 Å². The molecule has 118 valence electrons. The van der Waals surface area contributed by atoms with E-state index in [1.54, 1.807) is 11.3 Å². The molecule has 0 bridgehead atoms. The maximum absolute atomic E-state index is 12.5. The van der Waals surface area contributed by atoms with E-state index in [9.17, 15) is 4.79 Å². The van der Waals surface area contributed by atoms with Crippen molar-refractivity contribution in [3.63, 3.8) is 0 Å². The number of hydrogen-bond donors (Lipinski definition) is 0. The Hall–Kier alpha value is -1.46. The van der Waals surface area contributed by atoms with Crippen LogP contribution in [0.25, 0.3) is 11.3 Å². The Balaban J connectivity index is 1.87. The third kappa shape index (κ3) is 2.75. The van der Waals surface area contributed by atoms with E-state index in [1.165, 1.54) is 4.88 Å². The van der Waals surface area contributed by atoms with Gasteiger partial charge in [-0.05, 0) is 47.3 Å². The van der Waals surface area contributed by atoms with E-state index < -0.39 is 0 Å². The Kier molecular flexibility index (Phi) is 4.19. The molecule has 1 aliphatic carbocycles. The van der Waals surface area contributed by atoms with Crippen molar-refractivity contribution in [2.75, 3.05) is 20.6 Å². The number of nitrogens with zero attached hydrogens (tertiary/aromatic N) is 2. The van der Waals surface area contributed by atoms with Crippen molar-refractivity contribution in [2.45, 2.75) is 39.5 Å². The molecule has 3 rings (SSSR count). The first-order chi connectivity index (χ1) is 10.5. The maximum Gasteiger partial charge on any atom is 0.198 e. The van der Waals surface area contributed by atoms with E-state index in [-0.39, 0.29) is 5.78 Å². The third-order valence-corrected chi connectivity index (χ3v) is 5.13. The van der Waals surface area contributed by atoms with E-state index in [2.05, 4.69) is 9.88 Å². The van der Waals surface area contributed by atoms with Crippen LogP contribution in [0.3, 0.4) is 0 Å². The Morgan fingerprint density at radius 2 is 2.09 bits per heavy atom. The van der Waals surface area contributed by atoms with Gasteiger partial charge in [-0.2, -0.15) is 0 Å². The fourth-order valence-electron chi connectivity index (χ4n) is 3.06. The van der Waals surface area contributed by atoms with Crippen molar-refractivity contribution >= 4 is 17.1 Å². The Bertz CT molecular complexity index is 713. The number of ketones is 1. The fourth-order valence-corrected chi connectivity index (χ4v) is 4.00. The lowest BCUT2D eigenvalue weighted by Gasteiger charge is -2.09. The molecule has 0 aromatic carbocycles. The average molecular weight is 318 g/mol. The van der Waals surface area contributed by atoms with Gasteiger partial charge in [0, 0.05) is 28.8 Å². The SMILES string of the molecule is Cc1nc2c(s1)CCc1oc(C(=O)CCCN(C)C)c(C)c1-2. The molecule has 0 atom stereocenters. The molecule has 0 saturated carbocycles. The Morgan fingerprint density at radius 1 is 1.32 bits per heavy atom.